The maximum Gasteiger partial charge on any atom is 0.387 e. The Kier molecular flexibility index (Phi) is 9.18. The lowest BCUT2D eigenvalue weighted by molar-refractivity contribution is -0.114. The normalized spacial score (nSPS) is 11.3. The second kappa shape index (κ2) is 11.8. The van der Waals surface area contributed by atoms with Crippen LogP contribution in [-0.4, -0.2) is 28.6 Å². The number of amides is 1. The third-order valence-corrected chi connectivity index (χ3v) is 4.76. The van der Waals surface area contributed by atoms with Gasteiger partial charge in [0.1, 0.15) is 11.6 Å². The monoisotopic (exact) mass is 450 g/mol. The summed E-state index contributed by atoms with van der Waals surface area (Å²) in [5, 5.41) is 0. The Hall–Kier alpha value is -3.43. The molecule has 10 heteroatoms. The molecule has 3 N–H and O–H groups in total. The van der Waals surface area contributed by atoms with E-state index in [1.807, 2.05) is 13.8 Å². The highest BCUT2D eigenvalue weighted by molar-refractivity contribution is 6.05. The molecule has 0 atom stereocenters. The first-order valence-corrected chi connectivity index (χ1v) is 10.5. The number of unbranched alkanes of at least 4 members (excludes halogenated alkanes) is 2. The minimum Gasteiger partial charge on any atom is -0.434 e. The molecule has 0 aliphatic carbocycles. The summed E-state index contributed by atoms with van der Waals surface area (Å²) in [7, 11) is 0. The van der Waals surface area contributed by atoms with Crippen molar-refractivity contribution in [3.63, 3.8) is 0 Å². The number of carbonyl (C=O) groups excluding carboxylic acids is 1. The number of H-pyrrole nitrogens is 1. The molecule has 2 aromatic rings. The van der Waals surface area contributed by atoms with Gasteiger partial charge in [0.05, 0.1) is 0 Å². The first-order valence-electron chi connectivity index (χ1n) is 10.5. The van der Waals surface area contributed by atoms with E-state index >= 15 is 0 Å². The Morgan fingerprint density at radius 2 is 1.91 bits per heavy atom. The number of aromatic amines is 1. The average Bonchev–Trinajstić information content (AvgIpc) is 2.74. The van der Waals surface area contributed by atoms with Crippen molar-refractivity contribution in [2.24, 2.45) is 0 Å². The fraction of sp³-hybridized carbons (Fsp3) is 0.409. The number of alkyl halides is 2. The van der Waals surface area contributed by atoms with E-state index in [4.69, 9.17) is 5.73 Å². The maximum atomic E-state index is 13.0. The van der Waals surface area contributed by atoms with E-state index in [0.717, 1.165) is 18.9 Å². The van der Waals surface area contributed by atoms with Crippen molar-refractivity contribution in [2.45, 2.75) is 52.7 Å². The number of benzene rings is 1. The second-order valence-corrected chi connectivity index (χ2v) is 7.09. The second-order valence-electron chi connectivity index (χ2n) is 7.09. The first-order chi connectivity index (χ1) is 15.3. The van der Waals surface area contributed by atoms with Gasteiger partial charge >= 0.3 is 12.3 Å². The molecule has 0 spiro atoms. The highest BCUT2D eigenvalue weighted by Gasteiger charge is 2.22. The van der Waals surface area contributed by atoms with Crippen LogP contribution in [0.15, 0.2) is 39.9 Å². The van der Waals surface area contributed by atoms with Gasteiger partial charge in [-0.15, -0.1) is 0 Å². The predicted octanol–water partition coefficient (Wildman–Crippen LogP) is 3.37. The Labute approximate surface area is 184 Å². The molecule has 0 saturated heterocycles. The van der Waals surface area contributed by atoms with Gasteiger partial charge in [0.2, 0.25) is 0 Å². The van der Waals surface area contributed by atoms with Crippen molar-refractivity contribution in [1.29, 1.82) is 0 Å². The molecular formula is C22H28F2N4O4. The van der Waals surface area contributed by atoms with Crippen LogP contribution in [0.2, 0.25) is 0 Å². The van der Waals surface area contributed by atoms with E-state index in [2.05, 4.69) is 9.72 Å². The Balaban J connectivity index is 2.45. The molecule has 0 unspecified atom stereocenters. The number of nitrogen functional groups attached to an aromatic ring is 1. The van der Waals surface area contributed by atoms with Crippen LogP contribution in [0, 0.1) is 0 Å². The first kappa shape index (κ1) is 24.8. The summed E-state index contributed by atoms with van der Waals surface area (Å²) in [6.07, 6.45) is 5.28. The average molecular weight is 450 g/mol. The number of rotatable bonds is 11. The van der Waals surface area contributed by atoms with Crippen molar-refractivity contribution >= 4 is 23.5 Å². The van der Waals surface area contributed by atoms with Crippen LogP contribution in [0.5, 0.6) is 5.75 Å². The Morgan fingerprint density at radius 3 is 2.56 bits per heavy atom. The number of nitrogens with two attached hydrogens (primary N) is 1. The molecule has 1 aromatic carbocycles. The molecule has 0 radical (unpaired) electrons. The topological polar surface area (TPSA) is 110 Å². The van der Waals surface area contributed by atoms with E-state index < -0.39 is 23.8 Å². The zero-order valence-corrected chi connectivity index (χ0v) is 18.1. The lowest BCUT2D eigenvalue weighted by Gasteiger charge is -2.23. The smallest absolute Gasteiger partial charge is 0.387 e. The molecule has 1 aromatic heterocycles. The fourth-order valence-corrected chi connectivity index (χ4v) is 3.10. The van der Waals surface area contributed by atoms with Crippen LogP contribution >= 0.6 is 0 Å². The quantitative estimate of drug-likeness (QED) is 0.510. The van der Waals surface area contributed by atoms with Crippen LogP contribution in [0.3, 0.4) is 0 Å². The molecule has 1 amide bonds. The van der Waals surface area contributed by atoms with Gasteiger partial charge in [0.15, 0.2) is 5.69 Å². The summed E-state index contributed by atoms with van der Waals surface area (Å²) in [4.78, 5) is 41.2. The minimum atomic E-state index is -3.01. The number of anilines is 2. The van der Waals surface area contributed by atoms with E-state index in [-0.39, 0.29) is 29.4 Å². The molecule has 0 fully saturated rings. The SMILES string of the molecule is CCCCN(C(=O)/C=C/c1ccccc1OC(F)F)c1c(N)n(CCCC)c(=O)[nH]c1=O. The largest absolute Gasteiger partial charge is 0.434 e. The predicted molar refractivity (Wildman–Crippen MR) is 120 cm³/mol. The highest BCUT2D eigenvalue weighted by atomic mass is 19.3. The van der Waals surface area contributed by atoms with Crippen LogP contribution in [0.4, 0.5) is 20.3 Å². The van der Waals surface area contributed by atoms with Crippen molar-refractivity contribution in [1.82, 2.24) is 9.55 Å². The standard InChI is InChI=1S/C22H28F2N4O4/c1-3-5-13-27(18-19(25)28(14-6-4-2)22(31)26-20(18)30)17(29)12-11-15-9-7-8-10-16(15)32-21(23)24/h7-12,21H,3-6,13-14,25H2,1-2H3,(H,26,30,31)/b12-11+. The lowest BCUT2D eigenvalue weighted by atomic mass is 10.2. The van der Waals surface area contributed by atoms with Crippen LogP contribution in [-0.2, 0) is 11.3 Å². The molecule has 2 rings (SSSR count). The van der Waals surface area contributed by atoms with E-state index in [1.165, 1.54) is 33.7 Å². The Morgan fingerprint density at radius 1 is 1.22 bits per heavy atom. The van der Waals surface area contributed by atoms with Gasteiger partial charge < -0.3 is 15.4 Å². The van der Waals surface area contributed by atoms with Gasteiger partial charge in [-0.3, -0.25) is 19.1 Å². The zero-order valence-electron chi connectivity index (χ0n) is 18.1. The van der Waals surface area contributed by atoms with Crippen LogP contribution in [0.25, 0.3) is 6.08 Å². The molecule has 0 saturated carbocycles. The number of carbonyl (C=O) groups is 1. The summed E-state index contributed by atoms with van der Waals surface area (Å²) in [5.41, 5.74) is 4.90. The number of nitrogens with one attached hydrogen (secondary N) is 1. The maximum absolute atomic E-state index is 13.0. The van der Waals surface area contributed by atoms with Gasteiger partial charge in [0, 0.05) is 24.7 Å². The van der Waals surface area contributed by atoms with E-state index in [0.29, 0.717) is 19.4 Å². The minimum absolute atomic E-state index is 0.0860. The number of aromatic nitrogens is 2. The molecule has 174 valence electrons. The van der Waals surface area contributed by atoms with Gasteiger partial charge in [-0.2, -0.15) is 8.78 Å². The molecule has 1 heterocycles. The third-order valence-electron chi connectivity index (χ3n) is 4.76. The summed E-state index contributed by atoms with van der Waals surface area (Å²) in [5.74, 6) is -0.758. The number of nitrogens with zero attached hydrogens (tertiary/aromatic N) is 2. The van der Waals surface area contributed by atoms with Crippen LogP contribution in [0.1, 0.15) is 45.1 Å². The summed E-state index contributed by atoms with van der Waals surface area (Å²) in [6, 6.07) is 6.02. The highest BCUT2D eigenvalue weighted by Crippen LogP contribution is 2.23. The number of hydrogen-bond acceptors (Lipinski definition) is 5. The molecule has 8 nitrogen and oxygen atoms in total. The van der Waals surface area contributed by atoms with Crippen molar-refractivity contribution in [3.05, 3.63) is 56.7 Å². The third kappa shape index (κ3) is 6.29. The molecule has 32 heavy (non-hydrogen) atoms. The summed E-state index contributed by atoms with van der Waals surface area (Å²) < 4.78 is 31.0. The Bertz CT molecular complexity index is 1060. The van der Waals surface area contributed by atoms with Gasteiger partial charge in [-0.1, -0.05) is 44.9 Å². The molecule has 0 aliphatic rings. The summed E-state index contributed by atoms with van der Waals surface area (Å²) in [6.45, 7) is 1.35. The van der Waals surface area contributed by atoms with E-state index in [1.54, 1.807) is 6.07 Å². The molecular weight excluding hydrogens is 422 g/mol. The number of halogens is 2. The van der Waals surface area contributed by atoms with E-state index in [9.17, 15) is 23.2 Å². The number of ether oxygens (including phenoxy) is 1. The van der Waals surface area contributed by atoms with Gasteiger partial charge in [0.25, 0.3) is 11.5 Å². The van der Waals surface area contributed by atoms with Gasteiger partial charge in [-0.25, -0.2) is 4.79 Å². The van der Waals surface area contributed by atoms with Gasteiger partial charge in [-0.05, 0) is 25.0 Å². The molecule has 0 bridgehead atoms. The number of para-hydroxylation sites is 1. The summed E-state index contributed by atoms with van der Waals surface area (Å²) >= 11 is 0. The van der Waals surface area contributed by atoms with Crippen molar-refractivity contribution < 1.29 is 18.3 Å². The zero-order chi connectivity index (χ0) is 23.7. The lowest BCUT2D eigenvalue weighted by Crippen LogP contribution is -2.41. The number of hydrogen-bond donors (Lipinski definition) is 2. The van der Waals surface area contributed by atoms with Crippen molar-refractivity contribution in [3.8, 4) is 5.75 Å². The molecule has 0 aliphatic heterocycles. The van der Waals surface area contributed by atoms with Crippen LogP contribution < -0.4 is 26.6 Å². The fourth-order valence-electron chi connectivity index (χ4n) is 3.10. The van der Waals surface area contributed by atoms with Crippen molar-refractivity contribution in [2.75, 3.05) is 17.2 Å².